The molecule has 0 bridgehead atoms. The van der Waals surface area contributed by atoms with E-state index >= 15 is 0 Å². The molecule has 0 rings (SSSR count). The molecule has 11 heteroatoms. The van der Waals surface area contributed by atoms with Crippen LogP contribution in [0.5, 0.6) is 0 Å². The van der Waals surface area contributed by atoms with Gasteiger partial charge in [-0.15, -0.1) is 0 Å². The third-order valence-electron chi connectivity index (χ3n) is 8.49. The molecule has 0 radical (unpaired) electrons. The molecule has 1 unspecified atom stereocenters. The molecule has 0 spiro atoms. The van der Waals surface area contributed by atoms with Crippen LogP contribution in [0.4, 0.5) is 0 Å². The summed E-state index contributed by atoms with van der Waals surface area (Å²) in [7, 11) is 1.08. The van der Waals surface area contributed by atoms with Crippen LogP contribution < -0.4 is 4.89 Å². The van der Waals surface area contributed by atoms with Gasteiger partial charge in [-0.1, -0.05) is 113 Å². The maximum absolute atomic E-state index is 12.6. The molecule has 0 fully saturated rings. The number of unbranched alkanes of at least 4 members (excludes halogenated alkanes) is 12. The quantitative estimate of drug-likeness (QED) is 0.0115. The van der Waals surface area contributed by atoms with Gasteiger partial charge in [0.25, 0.3) is 7.82 Å². The first-order valence-electron chi connectivity index (χ1n) is 20.9. The van der Waals surface area contributed by atoms with Crippen LogP contribution in [0.3, 0.4) is 0 Å². The van der Waals surface area contributed by atoms with E-state index in [0.717, 1.165) is 83.5 Å². The highest BCUT2D eigenvalue weighted by Crippen LogP contribution is 2.38. The number of carbonyl (C=O) groups excluding carboxylic acids is 3. The summed E-state index contributed by atoms with van der Waals surface area (Å²) in [5.41, 5.74) is 0. The number of allylic oxidation sites excluding steroid dienone is 10. The molecule has 0 amide bonds. The van der Waals surface area contributed by atoms with Gasteiger partial charge >= 0.3 is 11.9 Å². The van der Waals surface area contributed by atoms with Crippen molar-refractivity contribution < 1.29 is 46.8 Å². The van der Waals surface area contributed by atoms with Gasteiger partial charge in [0.2, 0.25) is 0 Å². The van der Waals surface area contributed by atoms with E-state index < -0.39 is 32.5 Å². The van der Waals surface area contributed by atoms with Crippen LogP contribution >= 0.6 is 7.82 Å². The van der Waals surface area contributed by atoms with Gasteiger partial charge in [0.15, 0.2) is 11.9 Å². The summed E-state index contributed by atoms with van der Waals surface area (Å²) < 4.78 is 33.7. The van der Waals surface area contributed by atoms with Crippen molar-refractivity contribution in [3.8, 4) is 0 Å². The van der Waals surface area contributed by atoms with Gasteiger partial charge < -0.3 is 27.9 Å². The maximum atomic E-state index is 12.6. The van der Waals surface area contributed by atoms with Gasteiger partial charge in [-0.3, -0.25) is 18.9 Å². The average Bonchev–Trinajstić information content (AvgIpc) is 3.12. The summed E-state index contributed by atoms with van der Waals surface area (Å²) in [6, 6.07) is 0. The molecule has 0 aliphatic heterocycles. The molecule has 10 nitrogen and oxygen atoms in total. The number of likely N-dealkylation sites (N-methyl/N-ethyl adjacent to an activating group) is 1. The monoisotopic (exact) mass is 794 g/mol. The molecule has 0 heterocycles. The molecular formula is C44H76NO9P. The maximum Gasteiger partial charge on any atom is 0.306 e. The Hall–Kier alpha value is -2.62. The lowest BCUT2D eigenvalue weighted by Crippen LogP contribution is -2.37. The Kier molecular flexibility index (Phi) is 34.1. The van der Waals surface area contributed by atoms with Crippen molar-refractivity contribution in [3.05, 3.63) is 60.8 Å². The highest BCUT2D eigenvalue weighted by Gasteiger charge is 2.21. The highest BCUT2D eigenvalue weighted by molar-refractivity contribution is 7.45. The number of nitrogens with zero attached hydrogens (tertiary/aromatic N) is 1. The Morgan fingerprint density at radius 2 is 1.15 bits per heavy atom. The van der Waals surface area contributed by atoms with Gasteiger partial charge in [0.1, 0.15) is 19.8 Å². The predicted molar refractivity (Wildman–Crippen MR) is 222 cm³/mol. The molecule has 316 valence electrons. The summed E-state index contributed by atoms with van der Waals surface area (Å²) >= 11 is 0. The van der Waals surface area contributed by atoms with Crippen LogP contribution in [-0.2, 0) is 37.5 Å². The lowest BCUT2D eigenvalue weighted by Gasteiger charge is -2.28. The van der Waals surface area contributed by atoms with Gasteiger partial charge in [-0.05, 0) is 76.7 Å². The van der Waals surface area contributed by atoms with Crippen molar-refractivity contribution in [2.24, 2.45) is 0 Å². The standard InChI is InChI=1S/C44H76NO9P/c1-6-8-10-11-12-13-14-15-16-17-18-21-24-27-31-35-43(47)51-39-42(40-53-55(49,50)52-38-37-45(3,4)5)54-44(48)36-32-28-25-22-19-20-23-26-30-34-41(46)33-29-9-7-2/h12-13,15-16,18,21,23,26,30,34,42H,6-11,14,17,19-20,22,24-25,27-29,31-33,35-40H2,1-5H3/b13-12-,16-15-,21-18-,26-23-,34-30+/t42-/m1/s1. The lowest BCUT2D eigenvalue weighted by molar-refractivity contribution is -0.870. The normalized spacial score (nSPS) is 14.1. The van der Waals surface area contributed by atoms with Crippen molar-refractivity contribution in [2.45, 2.75) is 155 Å². The van der Waals surface area contributed by atoms with Crippen molar-refractivity contribution in [3.63, 3.8) is 0 Å². The topological polar surface area (TPSA) is 128 Å². The largest absolute Gasteiger partial charge is 0.756 e. The molecule has 2 atom stereocenters. The molecule has 0 aliphatic rings. The summed E-state index contributed by atoms with van der Waals surface area (Å²) in [6.07, 6.45) is 38.0. The van der Waals surface area contributed by atoms with Crippen molar-refractivity contribution >= 4 is 25.5 Å². The number of esters is 2. The van der Waals surface area contributed by atoms with Crippen molar-refractivity contribution in [1.29, 1.82) is 0 Å². The number of rotatable bonds is 37. The van der Waals surface area contributed by atoms with E-state index in [-0.39, 0.29) is 31.8 Å². The molecule has 0 aromatic carbocycles. The summed E-state index contributed by atoms with van der Waals surface area (Å²) in [6.45, 7) is 3.92. The zero-order valence-electron chi connectivity index (χ0n) is 35.1. The van der Waals surface area contributed by atoms with E-state index in [0.29, 0.717) is 30.3 Å². The van der Waals surface area contributed by atoms with E-state index in [4.69, 9.17) is 18.5 Å². The van der Waals surface area contributed by atoms with Gasteiger partial charge in [-0.2, -0.15) is 0 Å². The summed E-state index contributed by atoms with van der Waals surface area (Å²) in [4.78, 5) is 49.2. The third kappa shape index (κ3) is 39.4. The lowest BCUT2D eigenvalue weighted by atomic mass is 10.1. The van der Waals surface area contributed by atoms with Crippen LogP contribution in [0.2, 0.25) is 0 Å². The second kappa shape index (κ2) is 35.8. The Balaban J connectivity index is 4.54. The van der Waals surface area contributed by atoms with Gasteiger partial charge in [-0.25, -0.2) is 0 Å². The van der Waals surface area contributed by atoms with E-state index in [1.165, 1.54) is 19.3 Å². The molecule has 0 aliphatic carbocycles. The minimum absolute atomic E-state index is 0.0556. The van der Waals surface area contributed by atoms with Crippen LogP contribution in [-0.4, -0.2) is 75.8 Å². The molecule has 0 aromatic heterocycles. The zero-order chi connectivity index (χ0) is 40.9. The first-order chi connectivity index (χ1) is 26.4. The minimum Gasteiger partial charge on any atom is -0.756 e. The fraction of sp³-hybridized carbons (Fsp3) is 0.705. The van der Waals surface area contributed by atoms with E-state index in [2.05, 4.69) is 56.4 Å². The first kappa shape index (κ1) is 52.4. The molecule has 0 N–H and O–H groups in total. The van der Waals surface area contributed by atoms with Crippen LogP contribution in [0.15, 0.2) is 60.8 Å². The minimum atomic E-state index is -4.65. The number of phosphoric ester groups is 1. The Morgan fingerprint density at radius 1 is 0.618 bits per heavy atom. The van der Waals surface area contributed by atoms with E-state index in [9.17, 15) is 23.8 Å². The molecule has 0 saturated carbocycles. The number of ether oxygens (including phenoxy) is 2. The fourth-order valence-electron chi connectivity index (χ4n) is 5.11. The number of hydrogen-bond donors (Lipinski definition) is 0. The summed E-state index contributed by atoms with van der Waals surface area (Å²) in [5, 5.41) is 0. The second-order valence-electron chi connectivity index (χ2n) is 15.0. The number of ketones is 1. The zero-order valence-corrected chi connectivity index (χ0v) is 36.0. The molecule has 55 heavy (non-hydrogen) atoms. The van der Waals surface area contributed by atoms with Crippen molar-refractivity contribution in [1.82, 2.24) is 0 Å². The third-order valence-corrected chi connectivity index (χ3v) is 9.45. The highest BCUT2D eigenvalue weighted by atomic mass is 31.2. The van der Waals surface area contributed by atoms with Gasteiger partial charge in [0, 0.05) is 19.3 Å². The molecule has 0 aromatic rings. The number of quaternary nitrogens is 1. The first-order valence-corrected chi connectivity index (χ1v) is 22.4. The number of carbonyl (C=O) groups is 3. The molecular weight excluding hydrogens is 717 g/mol. The molecule has 0 saturated heterocycles. The smallest absolute Gasteiger partial charge is 0.306 e. The SMILES string of the molecule is CCCCC/C=C\C/C=C\C/C=C\CCCCC(=O)OC[C@H](COP(=O)([O-])OCC[N+](C)(C)C)OC(=O)CCCCCCC/C=C\C=C\C(=O)CCCCC. The number of phosphoric acid groups is 1. The Morgan fingerprint density at radius 3 is 1.82 bits per heavy atom. The average molecular weight is 794 g/mol. The van der Waals surface area contributed by atoms with Crippen LogP contribution in [0.1, 0.15) is 149 Å². The second-order valence-corrected chi connectivity index (χ2v) is 16.4. The van der Waals surface area contributed by atoms with Crippen LogP contribution in [0.25, 0.3) is 0 Å². The van der Waals surface area contributed by atoms with Gasteiger partial charge in [0.05, 0.1) is 27.7 Å². The Labute approximate surface area is 334 Å². The van der Waals surface area contributed by atoms with Crippen molar-refractivity contribution in [2.75, 3.05) is 47.5 Å². The van der Waals surface area contributed by atoms with Crippen LogP contribution in [0, 0.1) is 0 Å². The Bertz CT molecular complexity index is 1190. The predicted octanol–water partition coefficient (Wildman–Crippen LogP) is 10.2. The fourth-order valence-corrected chi connectivity index (χ4v) is 5.84. The number of hydrogen-bond acceptors (Lipinski definition) is 9. The van der Waals surface area contributed by atoms with E-state index in [1.54, 1.807) is 6.08 Å². The van der Waals surface area contributed by atoms with E-state index in [1.807, 2.05) is 33.3 Å². The summed E-state index contributed by atoms with van der Waals surface area (Å²) in [5.74, 6) is -0.777.